The molecule has 0 aliphatic rings. The van der Waals surface area contributed by atoms with E-state index < -0.39 is 0 Å². The second-order valence-corrected chi connectivity index (χ2v) is 3.59. The molecule has 0 aliphatic carbocycles. The molecule has 0 saturated heterocycles. The Hall–Kier alpha value is -0.120. The number of hydrogen-bond acceptors (Lipinski definition) is 3. The third-order valence-electron chi connectivity index (χ3n) is 1.21. The molecule has 0 rings (SSSR count). The molecule has 0 heterocycles. The van der Waals surface area contributed by atoms with Crippen LogP contribution in [0.1, 0.15) is 27.7 Å². The second-order valence-electron chi connectivity index (χ2n) is 3.59. The van der Waals surface area contributed by atoms with Gasteiger partial charge in [-0.05, 0) is 19.8 Å². The lowest BCUT2D eigenvalue weighted by atomic mass is 10.2. The maximum Gasteiger partial charge on any atom is 0.148 e. The maximum atomic E-state index is 5.21. The highest BCUT2D eigenvalue weighted by Crippen LogP contribution is 1.91. The molecule has 74 valence electrons. The van der Waals surface area contributed by atoms with E-state index in [1.54, 1.807) is 0 Å². The lowest BCUT2D eigenvalue weighted by molar-refractivity contribution is -0.0681. The highest BCUT2D eigenvalue weighted by atomic mass is 16.7. The van der Waals surface area contributed by atoms with Gasteiger partial charge in [0.25, 0.3) is 0 Å². The number of nitrogens with one attached hydrogen (secondary N) is 1. The van der Waals surface area contributed by atoms with Crippen LogP contribution in [0.25, 0.3) is 0 Å². The summed E-state index contributed by atoms with van der Waals surface area (Å²) in [5.41, 5.74) is 0. The molecule has 0 radical (unpaired) electrons. The minimum Gasteiger partial charge on any atom is -0.355 e. The van der Waals surface area contributed by atoms with Crippen LogP contribution >= 0.6 is 0 Å². The van der Waals surface area contributed by atoms with E-state index in [1.165, 1.54) is 0 Å². The van der Waals surface area contributed by atoms with Crippen molar-refractivity contribution in [1.82, 2.24) is 5.32 Å². The van der Waals surface area contributed by atoms with Gasteiger partial charge in [-0.15, -0.1) is 0 Å². The highest BCUT2D eigenvalue weighted by molar-refractivity contribution is 4.44. The minimum absolute atomic E-state index is 0.387. The molecule has 0 aromatic rings. The fourth-order valence-corrected chi connectivity index (χ4v) is 0.610. The van der Waals surface area contributed by atoms with E-state index in [-0.39, 0.29) is 0 Å². The lowest BCUT2D eigenvalue weighted by Crippen LogP contribution is -2.26. The van der Waals surface area contributed by atoms with Crippen molar-refractivity contribution in [2.75, 3.05) is 20.1 Å². The molecule has 0 saturated carbocycles. The molecule has 0 bridgehead atoms. The topological polar surface area (TPSA) is 30.5 Å². The molecule has 0 aromatic carbocycles. The Kier molecular flexibility index (Phi) is 7.45. The van der Waals surface area contributed by atoms with Crippen LogP contribution in [0, 0.1) is 5.92 Å². The normalized spacial score (nSPS) is 11.5. The van der Waals surface area contributed by atoms with Gasteiger partial charge in [-0.2, -0.15) is 0 Å². The summed E-state index contributed by atoms with van der Waals surface area (Å²) in [5.74, 6) is 0.576. The molecule has 0 aliphatic heterocycles. The van der Waals surface area contributed by atoms with Gasteiger partial charge in [-0.25, -0.2) is 0 Å². The molecule has 0 aromatic heterocycles. The highest BCUT2D eigenvalue weighted by Gasteiger charge is 1.94. The van der Waals surface area contributed by atoms with E-state index in [9.17, 15) is 0 Å². The standard InChI is InChI=1S/C9H21NO2/c1-8(2)5-11-7-12-6-10-9(3)4/h8-10H,5-7H2,1-4H3. The Morgan fingerprint density at radius 3 is 2.25 bits per heavy atom. The van der Waals surface area contributed by atoms with Gasteiger partial charge >= 0.3 is 0 Å². The van der Waals surface area contributed by atoms with Gasteiger partial charge in [-0.3, -0.25) is 5.32 Å². The van der Waals surface area contributed by atoms with E-state index >= 15 is 0 Å². The van der Waals surface area contributed by atoms with Crippen molar-refractivity contribution in [3.8, 4) is 0 Å². The fourth-order valence-electron chi connectivity index (χ4n) is 0.610. The number of ether oxygens (including phenoxy) is 2. The average molecular weight is 175 g/mol. The van der Waals surface area contributed by atoms with E-state index in [1.807, 2.05) is 0 Å². The van der Waals surface area contributed by atoms with Crippen molar-refractivity contribution in [3.05, 3.63) is 0 Å². The molecular formula is C9H21NO2. The van der Waals surface area contributed by atoms with Crippen molar-refractivity contribution in [3.63, 3.8) is 0 Å². The third kappa shape index (κ3) is 9.88. The summed E-state index contributed by atoms with van der Waals surface area (Å²) >= 11 is 0. The van der Waals surface area contributed by atoms with Crippen molar-refractivity contribution in [1.29, 1.82) is 0 Å². The fraction of sp³-hybridized carbons (Fsp3) is 1.00. The summed E-state index contributed by atoms with van der Waals surface area (Å²) in [5, 5.41) is 3.13. The van der Waals surface area contributed by atoms with E-state index in [0.29, 0.717) is 25.5 Å². The van der Waals surface area contributed by atoms with Crippen LogP contribution in [0.5, 0.6) is 0 Å². The monoisotopic (exact) mass is 175 g/mol. The molecule has 0 amide bonds. The van der Waals surface area contributed by atoms with E-state index in [0.717, 1.165) is 6.61 Å². The maximum absolute atomic E-state index is 5.21. The van der Waals surface area contributed by atoms with Crippen molar-refractivity contribution < 1.29 is 9.47 Å². The van der Waals surface area contributed by atoms with Gasteiger partial charge in [0.15, 0.2) is 0 Å². The molecule has 3 nitrogen and oxygen atoms in total. The number of rotatable bonds is 7. The van der Waals surface area contributed by atoms with Crippen LogP contribution in [0.4, 0.5) is 0 Å². The smallest absolute Gasteiger partial charge is 0.148 e. The van der Waals surface area contributed by atoms with Gasteiger partial charge in [0.05, 0.1) is 13.3 Å². The molecule has 0 spiro atoms. The van der Waals surface area contributed by atoms with Crippen LogP contribution in [0.2, 0.25) is 0 Å². The Morgan fingerprint density at radius 2 is 1.75 bits per heavy atom. The van der Waals surface area contributed by atoms with Gasteiger partial charge in [0.2, 0.25) is 0 Å². The summed E-state index contributed by atoms with van der Waals surface area (Å²) in [6.07, 6.45) is 0. The Balaban J connectivity index is 2.91. The second kappa shape index (κ2) is 7.53. The van der Waals surface area contributed by atoms with Crippen LogP contribution < -0.4 is 5.32 Å². The largest absolute Gasteiger partial charge is 0.355 e. The predicted molar refractivity (Wildman–Crippen MR) is 49.9 cm³/mol. The first-order valence-electron chi connectivity index (χ1n) is 4.51. The molecule has 0 unspecified atom stereocenters. The van der Waals surface area contributed by atoms with E-state index in [2.05, 4.69) is 33.0 Å². The summed E-state index contributed by atoms with van der Waals surface area (Å²) in [6, 6.07) is 0.468. The van der Waals surface area contributed by atoms with Crippen LogP contribution in [0.3, 0.4) is 0 Å². The van der Waals surface area contributed by atoms with Crippen molar-refractivity contribution >= 4 is 0 Å². The van der Waals surface area contributed by atoms with Crippen LogP contribution in [0.15, 0.2) is 0 Å². The first-order valence-corrected chi connectivity index (χ1v) is 4.51. The Labute approximate surface area is 75.4 Å². The van der Waals surface area contributed by atoms with Crippen LogP contribution in [-0.2, 0) is 9.47 Å². The molecule has 12 heavy (non-hydrogen) atoms. The Morgan fingerprint density at radius 1 is 1.08 bits per heavy atom. The zero-order valence-electron chi connectivity index (χ0n) is 8.59. The molecule has 0 fully saturated rings. The molecule has 0 atom stereocenters. The zero-order chi connectivity index (χ0) is 9.40. The van der Waals surface area contributed by atoms with Gasteiger partial charge in [0.1, 0.15) is 6.79 Å². The van der Waals surface area contributed by atoms with Gasteiger partial charge in [0, 0.05) is 6.04 Å². The van der Waals surface area contributed by atoms with Crippen LogP contribution in [-0.4, -0.2) is 26.2 Å². The summed E-state index contributed by atoms with van der Waals surface area (Å²) in [4.78, 5) is 0. The molecular weight excluding hydrogens is 154 g/mol. The van der Waals surface area contributed by atoms with Crippen molar-refractivity contribution in [2.24, 2.45) is 5.92 Å². The quantitative estimate of drug-likeness (QED) is 0.471. The van der Waals surface area contributed by atoms with Gasteiger partial charge in [-0.1, -0.05) is 13.8 Å². The molecule has 3 heteroatoms. The average Bonchev–Trinajstić information content (AvgIpc) is 1.95. The van der Waals surface area contributed by atoms with E-state index in [4.69, 9.17) is 9.47 Å². The van der Waals surface area contributed by atoms with Gasteiger partial charge < -0.3 is 9.47 Å². The predicted octanol–water partition coefficient (Wildman–Crippen LogP) is 1.59. The summed E-state index contributed by atoms with van der Waals surface area (Å²) in [6.45, 7) is 10.1. The zero-order valence-corrected chi connectivity index (χ0v) is 8.59. The first kappa shape index (κ1) is 11.9. The first-order chi connectivity index (χ1) is 5.63. The summed E-state index contributed by atoms with van der Waals surface area (Å²) in [7, 11) is 0. The minimum atomic E-state index is 0.387. The lowest BCUT2D eigenvalue weighted by Gasteiger charge is -2.10. The van der Waals surface area contributed by atoms with Crippen molar-refractivity contribution in [2.45, 2.75) is 33.7 Å². The summed E-state index contributed by atoms with van der Waals surface area (Å²) < 4.78 is 10.4. The Bertz CT molecular complexity index is 82.5. The molecule has 1 N–H and O–H groups in total. The SMILES string of the molecule is CC(C)COCOCNC(C)C. The third-order valence-corrected chi connectivity index (χ3v) is 1.21. The number of hydrogen-bond donors (Lipinski definition) is 1.